The number of hydrogen-bond acceptors (Lipinski definition) is 1. The van der Waals surface area contributed by atoms with E-state index in [1.165, 1.54) is 5.69 Å². The van der Waals surface area contributed by atoms with Crippen molar-refractivity contribution in [2.45, 2.75) is 38.1 Å². The lowest BCUT2D eigenvalue weighted by Crippen LogP contribution is -2.41. The molecule has 0 aliphatic carbocycles. The maximum atomic E-state index is 6.21. The molecule has 1 aromatic rings. The second kappa shape index (κ2) is 5.42. The Morgan fingerprint density at radius 2 is 2.00 bits per heavy atom. The molecular weight excluding hydrogens is 286 g/mol. The molecule has 0 saturated heterocycles. The molecule has 0 atom stereocenters. The standard InChI is InChI=1S/C13H19BrClN/c1-5-13(2,3)16(4)12-8-6-7-11(15)10(12)9-14/h6-8H,5,9H2,1-4H3. The molecule has 0 bridgehead atoms. The van der Waals surface area contributed by atoms with Crippen LogP contribution in [0.15, 0.2) is 18.2 Å². The Balaban J connectivity index is 3.18. The highest BCUT2D eigenvalue weighted by atomic mass is 79.9. The third kappa shape index (κ3) is 2.72. The van der Waals surface area contributed by atoms with Crippen molar-refractivity contribution < 1.29 is 0 Å². The zero-order valence-electron chi connectivity index (χ0n) is 10.3. The van der Waals surface area contributed by atoms with Crippen LogP contribution in [-0.4, -0.2) is 12.6 Å². The van der Waals surface area contributed by atoms with Crippen molar-refractivity contribution in [3.05, 3.63) is 28.8 Å². The van der Waals surface area contributed by atoms with Crippen LogP contribution in [0.25, 0.3) is 0 Å². The zero-order chi connectivity index (χ0) is 12.3. The Morgan fingerprint density at radius 1 is 1.38 bits per heavy atom. The van der Waals surface area contributed by atoms with Gasteiger partial charge in [0.2, 0.25) is 0 Å². The van der Waals surface area contributed by atoms with Crippen LogP contribution in [0.2, 0.25) is 5.02 Å². The summed E-state index contributed by atoms with van der Waals surface area (Å²) in [5.74, 6) is 0. The topological polar surface area (TPSA) is 3.24 Å². The van der Waals surface area contributed by atoms with E-state index in [1.807, 2.05) is 12.1 Å². The molecule has 1 aromatic carbocycles. The molecule has 1 rings (SSSR count). The molecule has 0 N–H and O–H groups in total. The van der Waals surface area contributed by atoms with Gasteiger partial charge in [0, 0.05) is 34.2 Å². The molecule has 1 nitrogen and oxygen atoms in total. The number of anilines is 1. The van der Waals surface area contributed by atoms with Crippen molar-refractivity contribution in [1.82, 2.24) is 0 Å². The lowest BCUT2D eigenvalue weighted by Gasteiger charge is -2.38. The predicted molar refractivity (Wildman–Crippen MR) is 76.9 cm³/mol. The van der Waals surface area contributed by atoms with Gasteiger partial charge in [-0.1, -0.05) is 40.5 Å². The fourth-order valence-electron chi connectivity index (χ4n) is 1.56. The summed E-state index contributed by atoms with van der Waals surface area (Å²) in [5, 5.41) is 1.61. The van der Waals surface area contributed by atoms with Crippen LogP contribution in [0.1, 0.15) is 32.8 Å². The van der Waals surface area contributed by atoms with Crippen LogP contribution in [0.5, 0.6) is 0 Å². The van der Waals surface area contributed by atoms with Gasteiger partial charge in [-0.25, -0.2) is 0 Å². The van der Waals surface area contributed by atoms with E-state index >= 15 is 0 Å². The van der Waals surface area contributed by atoms with Gasteiger partial charge in [-0.15, -0.1) is 0 Å². The molecule has 0 aromatic heterocycles. The lowest BCUT2D eigenvalue weighted by molar-refractivity contribution is 0.470. The smallest absolute Gasteiger partial charge is 0.0467 e. The van der Waals surface area contributed by atoms with Crippen LogP contribution < -0.4 is 4.90 Å². The Morgan fingerprint density at radius 3 is 2.50 bits per heavy atom. The normalized spacial score (nSPS) is 11.6. The predicted octanol–water partition coefficient (Wildman–Crippen LogP) is 4.86. The number of benzene rings is 1. The largest absolute Gasteiger partial charge is 0.369 e. The number of hydrogen-bond donors (Lipinski definition) is 0. The lowest BCUT2D eigenvalue weighted by atomic mass is 9.98. The fraction of sp³-hybridized carbons (Fsp3) is 0.538. The average molecular weight is 305 g/mol. The monoisotopic (exact) mass is 303 g/mol. The number of alkyl halides is 1. The molecule has 0 saturated carbocycles. The second-order valence-corrected chi connectivity index (χ2v) is 5.56. The molecule has 0 spiro atoms. The van der Waals surface area contributed by atoms with Crippen LogP contribution in [0.3, 0.4) is 0 Å². The Labute approximate surface area is 112 Å². The fourth-order valence-corrected chi connectivity index (χ4v) is 2.54. The summed E-state index contributed by atoms with van der Waals surface area (Å²) in [6.07, 6.45) is 1.09. The van der Waals surface area contributed by atoms with Crippen molar-refractivity contribution in [3.8, 4) is 0 Å². The summed E-state index contributed by atoms with van der Waals surface area (Å²) >= 11 is 9.72. The van der Waals surface area contributed by atoms with Crippen molar-refractivity contribution in [1.29, 1.82) is 0 Å². The first kappa shape index (κ1) is 13.9. The first-order valence-corrected chi connectivity index (χ1v) is 7.01. The molecule has 0 heterocycles. The van der Waals surface area contributed by atoms with Gasteiger partial charge in [-0.2, -0.15) is 0 Å². The molecular formula is C13H19BrClN. The molecule has 0 fully saturated rings. The molecule has 0 aliphatic heterocycles. The van der Waals surface area contributed by atoms with Gasteiger partial charge >= 0.3 is 0 Å². The third-order valence-electron chi connectivity index (χ3n) is 3.36. The minimum Gasteiger partial charge on any atom is -0.369 e. The van der Waals surface area contributed by atoms with Gasteiger partial charge in [-0.05, 0) is 32.4 Å². The van der Waals surface area contributed by atoms with E-state index in [-0.39, 0.29) is 5.54 Å². The Bertz CT molecular complexity index is 363. The molecule has 0 aliphatic rings. The van der Waals surface area contributed by atoms with Crippen LogP contribution in [-0.2, 0) is 5.33 Å². The van der Waals surface area contributed by atoms with Gasteiger partial charge in [0.05, 0.1) is 0 Å². The summed E-state index contributed by atoms with van der Waals surface area (Å²) in [5.41, 5.74) is 2.51. The van der Waals surface area contributed by atoms with E-state index in [4.69, 9.17) is 11.6 Å². The average Bonchev–Trinajstić information content (AvgIpc) is 2.27. The van der Waals surface area contributed by atoms with Crippen LogP contribution in [0, 0.1) is 0 Å². The zero-order valence-corrected chi connectivity index (χ0v) is 12.7. The molecule has 90 valence electrons. The van der Waals surface area contributed by atoms with Crippen molar-refractivity contribution >= 4 is 33.2 Å². The van der Waals surface area contributed by atoms with E-state index < -0.39 is 0 Å². The summed E-state index contributed by atoms with van der Waals surface area (Å²) in [6, 6.07) is 6.07. The van der Waals surface area contributed by atoms with Gasteiger partial charge in [0.15, 0.2) is 0 Å². The summed E-state index contributed by atoms with van der Waals surface area (Å²) in [7, 11) is 2.13. The van der Waals surface area contributed by atoms with Crippen LogP contribution >= 0.6 is 27.5 Å². The molecule has 16 heavy (non-hydrogen) atoms. The Kier molecular flexibility index (Phi) is 4.69. The molecule has 0 amide bonds. The highest BCUT2D eigenvalue weighted by Crippen LogP contribution is 2.33. The second-order valence-electron chi connectivity index (χ2n) is 4.60. The van der Waals surface area contributed by atoms with Crippen molar-refractivity contribution in [3.63, 3.8) is 0 Å². The van der Waals surface area contributed by atoms with E-state index in [0.29, 0.717) is 0 Å². The number of nitrogens with zero attached hydrogens (tertiary/aromatic N) is 1. The number of halogens is 2. The summed E-state index contributed by atoms with van der Waals surface area (Å²) in [6.45, 7) is 6.69. The van der Waals surface area contributed by atoms with Gasteiger partial charge < -0.3 is 4.90 Å². The van der Waals surface area contributed by atoms with Gasteiger partial charge in [-0.3, -0.25) is 0 Å². The van der Waals surface area contributed by atoms with Gasteiger partial charge in [0.25, 0.3) is 0 Å². The SMILES string of the molecule is CCC(C)(C)N(C)c1cccc(Cl)c1CBr. The number of rotatable bonds is 4. The maximum absolute atomic E-state index is 6.21. The molecule has 0 unspecified atom stereocenters. The molecule has 0 radical (unpaired) electrons. The maximum Gasteiger partial charge on any atom is 0.0467 e. The van der Waals surface area contributed by atoms with E-state index in [0.717, 1.165) is 22.3 Å². The highest BCUT2D eigenvalue weighted by molar-refractivity contribution is 9.08. The van der Waals surface area contributed by atoms with Crippen molar-refractivity contribution in [2.75, 3.05) is 11.9 Å². The van der Waals surface area contributed by atoms with Crippen molar-refractivity contribution in [2.24, 2.45) is 0 Å². The summed E-state index contributed by atoms with van der Waals surface area (Å²) < 4.78 is 0. The minimum atomic E-state index is 0.140. The summed E-state index contributed by atoms with van der Waals surface area (Å²) in [4.78, 5) is 2.30. The highest BCUT2D eigenvalue weighted by Gasteiger charge is 2.23. The van der Waals surface area contributed by atoms with Crippen LogP contribution in [0.4, 0.5) is 5.69 Å². The Hall–Kier alpha value is -0.210. The third-order valence-corrected chi connectivity index (χ3v) is 4.28. The van der Waals surface area contributed by atoms with E-state index in [2.05, 4.69) is 54.7 Å². The van der Waals surface area contributed by atoms with E-state index in [9.17, 15) is 0 Å². The molecule has 3 heteroatoms. The van der Waals surface area contributed by atoms with E-state index in [1.54, 1.807) is 0 Å². The van der Waals surface area contributed by atoms with Gasteiger partial charge in [0.1, 0.15) is 0 Å². The quantitative estimate of drug-likeness (QED) is 0.718. The minimum absolute atomic E-state index is 0.140. The first-order chi connectivity index (χ1) is 7.44. The first-order valence-electron chi connectivity index (χ1n) is 5.51.